The van der Waals surface area contributed by atoms with Gasteiger partial charge >= 0.3 is 17.8 Å². The molecule has 2 N–H and O–H groups in total. The Hall–Kier alpha value is -2.90. The molecule has 0 aliphatic heterocycles. The van der Waals surface area contributed by atoms with Crippen molar-refractivity contribution in [3.63, 3.8) is 0 Å². The van der Waals surface area contributed by atoms with Crippen LogP contribution in [0.2, 0.25) is 10.0 Å². The first-order valence-electron chi connectivity index (χ1n) is 7.19. The van der Waals surface area contributed by atoms with Crippen LogP contribution in [0.4, 0.5) is 5.69 Å². The lowest BCUT2D eigenvalue weighted by atomic mass is 10.2. The fraction of sp³-hybridized carbons (Fsp3) is 0.0588. The number of benzene rings is 2. The first kappa shape index (κ1) is 19.4. The number of methoxy groups -OCH3 is 1. The highest BCUT2D eigenvalue weighted by Crippen LogP contribution is 2.24. The van der Waals surface area contributed by atoms with Gasteiger partial charge in [0.1, 0.15) is 0 Å². The Bertz CT molecular complexity index is 867. The monoisotopic (exact) mass is 393 g/mol. The highest BCUT2D eigenvalue weighted by molar-refractivity contribution is 6.43. The summed E-state index contributed by atoms with van der Waals surface area (Å²) in [5.74, 6) is -2.41. The molecule has 0 atom stereocenters. The zero-order valence-corrected chi connectivity index (χ0v) is 15.0. The van der Waals surface area contributed by atoms with E-state index in [4.69, 9.17) is 23.2 Å². The zero-order valence-electron chi connectivity index (χ0n) is 13.5. The van der Waals surface area contributed by atoms with Gasteiger partial charge in [-0.1, -0.05) is 35.3 Å². The quantitative estimate of drug-likeness (QED) is 0.361. The first-order valence-corrected chi connectivity index (χ1v) is 7.94. The second-order valence-electron chi connectivity index (χ2n) is 4.87. The number of amides is 2. The van der Waals surface area contributed by atoms with Crippen molar-refractivity contribution in [2.75, 3.05) is 12.4 Å². The second-order valence-corrected chi connectivity index (χ2v) is 5.65. The molecule has 0 fully saturated rings. The number of hydrogen-bond acceptors (Lipinski definition) is 5. The van der Waals surface area contributed by atoms with Crippen LogP contribution in [0.3, 0.4) is 0 Å². The SMILES string of the molecule is COC(=O)c1ccc(NC(=O)C(=O)N/N=C/c2cccc(Cl)c2Cl)cc1. The van der Waals surface area contributed by atoms with Gasteiger partial charge in [-0.15, -0.1) is 0 Å². The first-order chi connectivity index (χ1) is 12.4. The number of anilines is 1. The molecule has 0 aliphatic carbocycles. The van der Waals surface area contributed by atoms with Crippen molar-refractivity contribution < 1.29 is 19.1 Å². The average Bonchev–Trinajstić information content (AvgIpc) is 2.65. The summed E-state index contributed by atoms with van der Waals surface area (Å²) in [4.78, 5) is 34.9. The predicted molar refractivity (Wildman–Crippen MR) is 98.6 cm³/mol. The molecule has 0 aromatic heterocycles. The molecule has 0 aliphatic rings. The van der Waals surface area contributed by atoms with Crippen LogP contribution in [0, 0.1) is 0 Å². The summed E-state index contributed by atoms with van der Waals surface area (Å²) in [6.45, 7) is 0. The molecular weight excluding hydrogens is 381 g/mol. The Morgan fingerprint density at radius 1 is 1.04 bits per heavy atom. The minimum atomic E-state index is -0.976. The van der Waals surface area contributed by atoms with E-state index in [1.54, 1.807) is 18.2 Å². The maximum atomic E-state index is 11.8. The Morgan fingerprint density at radius 2 is 1.73 bits per heavy atom. The summed E-state index contributed by atoms with van der Waals surface area (Å²) < 4.78 is 4.57. The number of esters is 1. The molecule has 0 bridgehead atoms. The van der Waals surface area contributed by atoms with Gasteiger partial charge in [-0.3, -0.25) is 9.59 Å². The number of rotatable bonds is 4. The number of ether oxygens (including phenoxy) is 1. The average molecular weight is 394 g/mol. The van der Waals surface area contributed by atoms with Gasteiger partial charge < -0.3 is 10.1 Å². The summed E-state index contributed by atoms with van der Waals surface area (Å²) in [5, 5.41) is 6.66. The van der Waals surface area contributed by atoms with E-state index in [2.05, 4.69) is 20.6 Å². The van der Waals surface area contributed by atoms with Gasteiger partial charge in [0, 0.05) is 11.3 Å². The van der Waals surface area contributed by atoms with Crippen LogP contribution in [0.15, 0.2) is 47.6 Å². The highest BCUT2D eigenvalue weighted by Gasteiger charge is 2.13. The molecule has 7 nitrogen and oxygen atoms in total. The number of hydrazone groups is 1. The van der Waals surface area contributed by atoms with E-state index >= 15 is 0 Å². The Labute approximate surface area is 158 Å². The van der Waals surface area contributed by atoms with E-state index in [1.165, 1.54) is 37.6 Å². The van der Waals surface area contributed by atoms with E-state index in [0.29, 0.717) is 21.8 Å². The molecule has 0 radical (unpaired) electrons. The molecular formula is C17H13Cl2N3O4. The minimum absolute atomic E-state index is 0.280. The Morgan fingerprint density at radius 3 is 2.38 bits per heavy atom. The number of carbonyl (C=O) groups is 3. The Kier molecular flexibility index (Phi) is 6.71. The number of nitrogens with one attached hydrogen (secondary N) is 2. The standard InChI is InChI=1S/C17H13Cl2N3O4/c1-26-17(25)10-5-7-12(8-6-10)21-15(23)16(24)22-20-9-11-3-2-4-13(18)14(11)19/h2-9H,1H3,(H,21,23)(H,22,24)/b20-9+. The molecule has 2 rings (SSSR count). The number of halogens is 2. The van der Waals surface area contributed by atoms with E-state index in [0.717, 1.165) is 0 Å². The van der Waals surface area contributed by atoms with Crippen LogP contribution in [-0.2, 0) is 14.3 Å². The van der Waals surface area contributed by atoms with Crippen LogP contribution in [0.1, 0.15) is 15.9 Å². The lowest BCUT2D eigenvalue weighted by Gasteiger charge is -2.05. The van der Waals surface area contributed by atoms with Crippen molar-refractivity contribution >= 4 is 52.9 Å². The van der Waals surface area contributed by atoms with Crippen molar-refractivity contribution in [3.05, 3.63) is 63.6 Å². The zero-order chi connectivity index (χ0) is 19.1. The third-order valence-corrected chi connectivity index (χ3v) is 3.95. The minimum Gasteiger partial charge on any atom is -0.465 e. The van der Waals surface area contributed by atoms with Crippen molar-refractivity contribution in [1.29, 1.82) is 0 Å². The molecule has 2 aromatic carbocycles. The molecule has 134 valence electrons. The van der Waals surface area contributed by atoms with Crippen LogP contribution >= 0.6 is 23.2 Å². The van der Waals surface area contributed by atoms with Crippen LogP contribution in [-0.4, -0.2) is 31.1 Å². The third kappa shape index (κ3) is 5.05. The van der Waals surface area contributed by atoms with Crippen molar-refractivity contribution in [1.82, 2.24) is 5.43 Å². The summed E-state index contributed by atoms with van der Waals surface area (Å²) in [6.07, 6.45) is 1.27. The molecule has 9 heteroatoms. The van der Waals surface area contributed by atoms with E-state index in [9.17, 15) is 14.4 Å². The van der Waals surface area contributed by atoms with Gasteiger partial charge in [-0.05, 0) is 30.3 Å². The molecule has 0 unspecified atom stereocenters. The molecule has 26 heavy (non-hydrogen) atoms. The summed E-state index contributed by atoms with van der Waals surface area (Å²) in [5.41, 5.74) is 3.21. The largest absolute Gasteiger partial charge is 0.465 e. The summed E-state index contributed by atoms with van der Waals surface area (Å²) >= 11 is 11.8. The fourth-order valence-corrected chi connectivity index (χ4v) is 2.18. The lowest BCUT2D eigenvalue weighted by molar-refractivity contribution is -0.136. The highest BCUT2D eigenvalue weighted by atomic mass is 35.5. The smallest absolute Gasteiger partial charge is 0.337 e. The van der Waals surface area contributed by atoms with Gasteiger partial charge in [0.15, 0.2) is 0 Å². The second kappa shape index (κ2) is 8.98. The van der Waals surface area contributed by atoms with Crippen LogP contribution in [0.25, 0.3) is 0 Å². The van der Waals surface area contributed by atoms with Crippen molar-refractivity contribution in [3.8, 4) is 0 Å². The van der Waals surface area contributed by atoms with Gasteiger partial charge in [-0.2, -0.15) is 5.10 Å². The molecule has 2 amide bonds. The summed E-state index contributed by atoms with van der Waals surface area (Å²) in [7, 11) is 1.26. The topological polar surface area (TPSA) is 96.9 Å². The fourth-order valence-electron chi connectivity index (χ4n) is 1.83. The number of nitrogens with zero attached hydrogens (tertiary/aromatic N) is 1. The van der Waals surface area contributed by atoms with E-state index in [1.807, 2.05) is 0 Å². The Balaban J connectivity index is 1.93. The predicted octanol–water partition coefficient (Wildman–Crippen LogP) is 2.87. The summed E-state index contributed by atoms with van der Waals surface area (Å²) in [6, 6.07) is 10.8. The normalized spacial score (nSPS) is 10.4. The van der Waals surface area contributed by atoms with Crippen molar-refractivity contribution in [2.24, 2.45) is 5.10 Å². The molecule has 0 heterocycles. The van der Waals surface area contributed by atoms with Gasteiger partial charge in [0.25, 0.3) is 0 Å². The van der Waals surface area contributed by atoms with E-state index < -0.39 is 17.8 Å². The number of hydrogen-bond donors (Lipinski definition) is 2. The third-order valence-electron chi connectivity index (χ3n) is 3.12. The van der Waals surface area contributed by atoms with Crippen molar-refractivity contribution in [2.45, 2.75) is 0 Å². The lowest BCUT2D eigenvalue weighted by Crippen LogP contribution is -2.32. The van der Waals surface area contributed by atoms with Gasteiger partial charge in [0.05, 0.1) is 28.9 Å². The molecule has 0 saturated carbocycles. The number of carbonyl (C=O) groups excluding carboxylic acids is 3. The molecule has 0 spiro atoms. The van der Waals surface area contributed by atoms with Crippen LogP contribution < -0.4 is 10.7 Å². The van der Waals surface area contributed by atoms with Gasteiger partial charge in [-0.25, -0.2) is 10.2 Å². The molecule has 2 aromatic rings. The van der Waals surface area contributed by atoms with E-state index in [-0.39, 0.29) is 5.02 Å². The molecule has 0 saturated heterocycles. The maximum absolute atomic E-state index is 11.8. The maximum Gasteiger partial charge on any atom is 0.337 e. The van der Waals surface area contributed by atoms with Gasteiger partial charge in [0.2, 0.25) is 0 Å². The van der Waals surface area contributed by atoms with Crippen LogP contribution in [0.5, 0.6) is 0 Å².